The zero-order chi connectivity index (χ0) is 23.3. The van der Waals surface area contributed by atoms with E-state index >= 15 is 0 Å². The van der Waals surface area contributed by atoms with Gasteiger partial charge < -0.3 is 15.4 Å². The first-order valence-corrected chi connectivity index (χ1v) is 11.0. The smallest absolute Gasteiger partial charge is 0.325 e. The van der Waals surface area contributed by atoms with Crippen molar-refractivity contribution in [2.45, 2.75) is 45.2 Å². The fourth-order valence-electron chi connectivity index (χ4n) is 4.22. The van der Waals surface area contributed by atoms with Gasteiger partial charge in [0.05, 0.1) is 13.2 Å². The van der Waals surface area contributed by atoms with Crippen molar-refractivity contribution in [2.75, 3.05) is 13.7 Å². The fraction of sp³-hybridized carbons (Fsp3) is 0.400. The van der Waals surface area contributed by atoms with E-state index in [1.807, 2.05) is 30.3 Å². The summed E-state index contributed by atoms with van der Waals surface area (Å²) in [5.74, 6) is 0.0718. The Morgan fingerprint density at radius 2 is 1.69 bits per heavy atom. The molecule has 0 aliphatic carbocycles. The molecule has 1 heterocycles. The van der Waals surface area contributed by atoms with Gasteiger partial charge in [-0.05, 0) is 36.1 Å². The molecule has 3 rings (SSSR count). The number of amides is 4. The van der Waals surface area contributed by atoms with Crippen LogP contribution >= 0.6 is 0 Å². The van der Waals surface area contributed by atoms with Crippen LogP contribution in [0.3, 0.4) is 0 Å². The molecule has 32 heavy (non-hydrogen) atoms. The van der Waals surface area contributed by atoms with Crippen LogP contribution in [0.2, 0.25) is 0 Å². The predicted molar refractivity (Wildman–Crippen MR) is 122 cm³/mol. The average molecular weight is 438 g/mol. The molecule has 7 heteroatoms. The van der Waals surface area contributed by atoms with Gasteiger partial charge in [-0.15, -0.1) is 0 Å². The average Bonchev–Trinajstić information content (AvgIpc) is 3.03. The highest BCUT2D eigenvalue weighted by Gasteiger charge is 2.49. The minimum atomic E-state index is -1.24. The van der Waals surface area contributed by atoms with Crippen molar-refractivity contribution in [1.82, 2.24) is 15.5 Å². The fourth-order valence-corrected chi connectivity index (χ4v) is 4.22. The number of carbonyl (C=O) groups excluding carboxylic acids is 3. The minimum Gasteiger partial charge on any atom is -0.497 e. The van der Waals surface area contributed by atoms with E-state index in [1.54, 1.807) is 38.3 Å². The quantitative estimate of drug-likeness (QED) is 0.585. The first-order valence-electron chi connectivity index (χ1n) is 11.0. The molecule has 1 fully saturated rings. The van der Waals surface area contributed by atoms with Crippen molar-refractivity contribution < 1.29 is 19.1 Å². The lowest BCUT2D eigenvalue weighted by Gasteiger charge is -2.28. The van der Waals surface area contributed by atoms with Crippen LogP contribution in [0.4, 0.5) is 4.79 Å². The van der Waals surface area contributed by atoms with Gasteiger partial charge in [-0.2, -0.15) is 0 Å². The Labute approximate surface area is 189 Å². The summed E-state index contributed by atoms with van der Waals surface area (Å²) in [6.45, 7) is 5.49. The van der Waals surface area contributed by atoms with Crippen molar-refractivity contribution in [3.63, 3.8) is 0 Å². The molecule has 0 radical (unpaired) electrons. The molecule has 7 nitrogen and oxygen atoms in total. The maximum atomic E-state index is 13.2. The van der Waals surface area contributed by atoms with Crippen LogP contribution in [-0.4, -0.2) is 36.4 Å². The van der Waals surface area contributed by atoms with E-state index in [9.17, 15) is 14.4 Å². The molecule has 1 saturated heterocycles. The highest BCUT2D eigenvalue weighted by molar-refractivity contribution is 6.09. The number of carbonyl (C=O) groups is 3. The molecular weight excluding hydrogens is 406 g/mol. The number of nitrogens with one attached hydrogen (secondary N) is 2. The molecule has 2 N–H and O–H groups in total. The Kier molecular flexibility index (Phi) is 7.18. The van der Waals surface area contributed by atoms with E-state index in [1.165, 1.54) is 0 Å². The Hall–Kier alpha value is -3.35. The monoisotopic (exact) mass is 437 g/mol. The maximum Gasteiger partial charge on any atom is 0.325 e. The van der Waals surface area contributed by atoms with Crippen molar-refractivity contribution in [2.24, 2.45) is 5.92 Å². The van der Waals surface area contributed by atoms with Crippen molar-refractivity contribution >= 4 is 17.8 Å². The molecule has 170 valence electrons. The summed E-state index contributed by atoms with van der Waals surface area (Å²) in [5.41, 5.74) is 0.395. The summed E-state index contributed by atoms with van der Waals surface area (Å²) < 4.78 is 5.16. The maximum absolute atomic E-state index is 13.2. The van der Waals surface area contributed by atoms with E-state index < -0.39 is 17.5 Å². The van der Waals surface area contributed by atoms with Crippen molar-refractivity contribution in [3.8, 4) is 5.75 Å². The molecular formula is C25H31N3O4. The van der Waals surface area contributed by atoms with Gasteiger partial charge in [0.15, 0.2) is 0 Å². The molecule has 2 aromatic carbocycles. The number of benzene rings is 2. The number of nitrogens with zero attached hydrogens (tertiary/aromatic N) is 1. The van der Waals surface area contributed by atoms with Gasteiger partial charge in [-0.3, -0.25) is 14.5 Å². The second-order valence-corrected chi connectivity index (χ2v) is 8.21. The van der Waals surface area contributed by atoms with Gasteiger partial charge >= 0.3 is 6.03 Å². The van der Waals surface area contributed by atoms with Gasteiger partial charge in [0.1, 0.15) is 17.8 Å². The zero-order valence-electron chi connectivity index (χ0n) is 19.1. The Balaban J connectivity index is 1.76. The van der Waals surface area contributed by atoms with Crippen LogP contribution in [0.5, 0.6) is 5.75 Å². The first kappa shape index (κ1) is 23.3. The van der Waals surface area contributed by atoms with Crippen LogP contribution in [0.1, 0.15) is 50.8 Å². The highest BCUT2D eigenvalue weighted by Crippen LogP contribution is 2.31. The summed E-state index contributed by atoms with van der Waals surface area (Å²) in [5, 5.41) is 5.79. The van der Waals surface area contributed by atoms with E-state index in [0.717, 1.165) is 23.3 Å². The topological polar surface area (TPSA) is 87.7 Å². The Bertz CT molecular complexity index is 957. The second kappa shape index (κ2) is 9.85. The Morgan fingerprint density at radius 1 is 1.06 bits per heavy atom. The number of hydrogen-bond donors (Lipinski definition) is 2. The lowest BCUT2D eigenvalue weighted by molar-refractivity contribution is -0.135. The second-order valence-electron chi connectivity index (χ2n) is 8.21. The van der Waals surface area contributed by atoms with Crippen LogP contribution in [0.25, 0.3) is 0 Å². The van der Waals surface area contributed by atoms with Gasteiger partial charge in [0, 0.05) is 0 Å². The van der Waals surface area contributed by atoms with Crippen molar-refractivity contribution in [3.05, 3.63) is 65.7 Å². The Morgan fingerprint density at radius 3 is 2.25 bits per heavy atom. The number of ether oxygens (including phenoxy) is 1. The van der Waals surface area contributed by atoms with Crippen LogP contribution in [0, 0.1) is 5.92 Å². The van der Waals surface area contributed by atoms with E-state index in [0.29, 0.717) is 11.3 Å². The highest BCUT2D eigenvalue weighted by atomic mass is 16.5. The molecule has 0 bridgehead atoms. The van der Waals surface area contributed by atoms with Gasteiger partial charge in [-0.25, -0.2) is 4.79 Å². The lowest BCUT2D eigenvalue weighted by Crippen LogP contribution is -2.44. The number of urea groups is 1. The van der Waals surface area contributed by atoms with Crippen molar-refractivity contribution in [1.29, 1.82) is 0 Å². The molecule has 2 atom stereocenters. The number of imide groups is 1. The normalized spacial score (nSPS) is 19.1. The molecule has 1 aliphatic rings. The van der Waals surface area contributed by atoms with Gasteiger partial charge in [0.25, 0.3) is 5.91 Å². The molecule has 1 aliphatic heterocycles. The van der Waals surface area contributed by atoms with Gasteiger partial charge in [-0.1, -0.05) is 69.2 Å². The largest absolute Gasteiger partial charge is 0.497 e. The standard InChI is InChI=1S/C25H31N3O4/c1-5-17(6-2)22(18-10-8-7-9-11-18)26-21(29)16-28-23(30)25(3,27-24(28)31)19-12-14-20(32-4)15-13-19/h7-15,17,22H,5-6,16H2,1-4H3,(H,26,29)(H,27,31). The van der Waals surface area contributed by atoms with E-state index in [-0.39, 0.29) is 24.4 Å². The minimum absolute atomic E-state index is 0.188. The van der Waals surface area contributed by atoms with Crippen LogP contribution in [-0.2, 0) is 15.1 Å². The predicted octanol–water partition coefficient (Wildman–Crippen LogP) is 3.76. The molecule has 2 aromatic rings. The van der Waals surface area contributed by atoms with E-state index in [4.69, 9.17) is 4.74 Å². The summed E-state index contributed by atoms with van der Waals surface area (Å²) >= 11 is 0. The summed E-state index contributed by atoms with van der Waals surface area (Å²) in [7, 11) is 1.56. The molecule has 0 saturated carbocycles. The van der Waals surface area contributed by atoms with E-state index in [2.05, 4.69) is 24.5 Å². The first-order chi connectivity index (χ1) is 15.3. The molecule has 0 aromatic heterocycles. The third-order valence-corrected chi connectivity index (χ3v) is 6.24. The lowest BCUT2D eigenvalue weighted by atomic mass is 9.89. The zero-order valence-corrected chi connectivity index (χ0v) is 19.1. The third kappa shape index (κ3) is 4.61. The molecule has 2 unspecified atom stereocenters. The molecule has 4 amide bonds. The number of methoxy groups -OCH3 is 1. The summed E-state index contributed by atoms with van der Waals surface area (Å²) in [6, 6.07) is 15.9. The van der Waals surface area contributed by atoms with Gasteiger partial charge in [0.2, 0.25) is 5.91 Å². The molecule has 0 spiro atoms. The van der Waals surface area contributed by atoms with Crippen LogP contribution in [0.15, 0.2) is 54.6 Å². The number of rotatable bonds is 9. The van der Waals surface area contributed by atoms with Crippen LogP contribution < -0.4 is 15.4 Å². The third-order valence-electron chi connectivity index (χ3n) is 6.24. The summed E-state index contributed by atoms with van der Waals surface area (Å²) in [6.07, 6.45) is 1.80. The summed E-state index contributed by atoms with van der Waals surface area (Å²) in [4.78, 5) is 39.7. The number of hydrogen-bond acceptors (Lipinski definition) is 4. The SMILES string of the molecule is CCC(CC)C(NC(=O)CN1C(=O)NC(C)(c2ccc(OC)cc2)C1=O)c1ccccc1.